The lowest BCUT2D eigenvalue weighted by atomic mass is 10.0. The first kappa shape index (κ1) is 17.5. The van der Waals surface area contributed by atoms with Crippen LogP contribution < -0.4 is 10.6 Å². The van der Waals surface area contributed by atoms with E-state index in [2.05, 4.69) is 34.1 Å². The van der Waals surface area contributed by atoms with Crippen LogP contribution in [0.3, 0.4) is 0 Å². The van der Waals surface area contributed by atoms with Crippen molar-refractivity contribution < 1.29 is 9.53 Å². The first-order valence-electron chi connectivity index (χ1n) is 8.63. The summed E-state index contributed by atoms with van der Waals surface area (Å²) in [4.78, 5) is 16.9. The number of hydrogen-bond donors (Lipinski definition) is 1. The number of ether oxygens (including phenoxy) is 1. The summed E-state index contributed by atoms with van der Waals surface area (Å²) in [5.41, 5.74) is 8.98. The Morgan fingerprint density at radius 2 is 1.68 bits per heavy atom. The molecule has 0 aromatic heterocycles. The monoisotopic (exact) mass is 339 g/mol. The summed E-state index contributed by atoms with van der Waals surface area (Å²) < 4.78 is 5.05. The second kappa shape index (κ2) is 8.14. The number of methoxy groups -OCH3 is 1. The SMILES string of the molecule is COC(=O)C(c1ccccc1)N1CCN(c2ccc(CN)cc2)CC1. The van der Waals surface area contributed by atoms with Gasteiger partial charge in [0.05, 0.1) is 7.11 Å². The van der Waals surface area contributed by atoms with Crippen molar-refractivity contribution in [3.05, 3.63) is 65.7 Å². The maximum absolute atomic E-state index is 12.3. The van der Waals surface area contributed by atoms with E-state index in [4.69, 9.17) is 10.5 Å². The number of carbonyl (C=O) groups is 1. The number of nitrogens with two attached hydrogens (primary N) is 1. The molecule has 5 nitrogen and oxygen atoms in total. The molecule has 1 aliphatic rings. The van der Waals surface area contributed by atoms with Gasteiger partial charge in [-0.2, -0.15) is 0 Å². The molecule has 5 heteroatoms. The van der Waals surface area contributed by atoms with E-state index in [1.54, 1.807) is 0 Å². The summed E-state index contributed by atoms with van der Waals surface area (Å²) in [6, 6.07) is 17.9. The van der Waals surface area contributed by atoms with E-state index in [-0.39, 0.29) is 12.0 Å². The molecule has 2 N–H and O–H groups in total. The molecule has 1 unspecified atom stereocenters. The first-order chi connectivity index (χ1) is 12.2. The molecule has 1 atom stereocenters. The predicted molar refractivity (Wildman–Crippen MR) is 99.3 cm³/mol. The summed E-state index contributed by atoms with van der Waals surface area (Å²) in [6.45, 7) is 3.94. The van der Waals surface area contributed by atoms with E-state index in [1.807, 2.05) is 30.3 Å². The van der Waals surface area contributed by atoms with Crippen LogP contribution >= 0.6 is 0 Å². The van der Waals surface area contributed by atoms with Gasteiger partial charge in [0.15, 0.2) is 0 Å². The smallest absolute Gasteiger partial charge is 0.327 e. The van der Waals surface area contributed by atoms with Crippen LogP contribution in [0.2, 0.25) is 0 Å². The Morgan fingerprint density at radius 1 is 1.04 bits per heavy atom. The maximum atomic E-state index is 12.3. The Balaban J connectivity index is 1.69. The summed E-state index contributed by atoms with van der Waals surface area (Å²) in [5, 5.41) is 0. The molecule has 3 rings (SSSR count). The molecule has 2 aromatic rings. The molecule has 25 heavy (non-hydrogen) atoms. The lowest BCUT2D eigenvalue weighted by Gasteiger charge is -2.39. The number of piperazine rings is 1. The Morgan fingerprint density at radius 3 is 2.24 bits per heavy atom. The van der Waals surface area contributed by atoms with Gasteiger partial charge < -0.3 is 15.4 Å². The second-order valence-corrected chi connectivity index (χ2v) is 6.23. The first-order valence-corrected chi connectivity index (χ1v) is 8.63. The van der Waals surface area contributed by atoms with Crippen molar-refractivity contribution in [2.45, 2.75) is 12.6 Å². The van der Waals surface area contributed by atoms with Gasteiger partial charge in [-0.05, 0) is 23.3 Å². The third kappa shape index (κ3) is 4.00. The zero-order valence-corrected chi connectivity index (χ0v) is 14.6. The van der Waals surface area contributed by atoms with Crippen LogP contribution in [-0.2, 0) is 16.1 Å². The van der Waals surface area contributed by atoms with Crippen LogP contribution in [0, 0.1) is 0 Å². The lowest BCUT2D eigenvalue weighted by Crippen LogP contribution is -2.49. The number of benzene rings is 2. The van der Waals surface area contributed by atoms with Crippen molar-refractivity contribution in [3.8, 4) is 0 Å². The minimum Gasteiger partial charge on any atom is -0.468 e. The third-order valence-corrected chi connectivity index (χ3v) is 4.76. The van der Waals surface area contributed by atoms with Gasteiger partial charge in [0.1, 0.15) is 6.04 Å². The molecule has 1 fully saturated rings. The van der Waals surface area contributed by atoms with Crippen LogP contribution in [0.1, 0.15) is 17.2 Å². The number of anilines is 1. The minimum absolute atomic E-state index is 0.202. The van der Waals surface area contributed by atoms with E-state index in [0.29, 0.717) is 6.54 Å². The van der Waals surface area contributed by atoms with Crippen molar-refractivity contribution in [2.75, 3.05) is 38.2 Å². The number of carbonyl (C=O) groups excluding carboxylic acids is 1. The Bertz CT molecular complexity index is 680. The quantitative estimate of drug-likeness (QED) is 0.846. The fraction of sp³-hybridized carbons (Fsp3) is 0.350. The normalized spacial score (nSPS) is 16.5. The molecule has 0 bridgehead atoms. The maximum Gasteiger partial charge on any atom is 0.327 e. The highest BCUT2D eigenvalue weighted by atomic mass is 16.5. The van der Waals surface area contributed by atoms with Gasteiger partial charge in [-0.25, -0.2) is 4.79 Å². The van der Waals surface area contributed by atoms with Crippen molar-refractivity contribution in [2.24, 2.45) is 5.73 Å². The van der Waals surface area contributed by atoms with Gasteiger partial charge in [0.2, 0.25) is 0 Å². The fourth-order valence-electron chi connectivity index (χ4n) is 3.32. The van der Waals surface area contributed by atoms with Crippen molar-refractivity contribution in [1.82, 2.24) is 4.90 Å². The summed E-state index contributed by atoms with van der Waals surface area (Å²) in [5.74, 6) is -0.202. The fourth-order valence-corrected chi connectivity index (χ4v) is 3.32. The highest BCUT2D eigenvalue weighted by Crippen LogP contribution is 2.25. The molecule has 0 amide bonds. The predicted octanol–water partition coefficient (Wildman–Crippen LogP) is 2.18. The molecule has 1 saturated heterocycles. The number of esters is 1. The highest BCUT2D eigenvalue weighted by molar-refractivity contribution is 5.77. The van der Waals surface area contributed by atoms with Crippen LogP contribution in [0.15, 0.2) is 54.6 Å². The van der Waals surface area contributed by atoms with Crippen molar-refractivity contribution >= 4 is 11.7 Å². The van der Waals surface area contributed by atoms with Gasteiger partial charge >= 0.3 is 5.97 Å². The molecular formula is C20H25N3O2. The molecule has 1 aliphatic heterocycles. The third-order valence-electron chi connectivity index (χ3n) is 4.76. The van der Waals surface area contributed by atoms with Crippen molar-refractivity contribution in [3.63, 3.8) is 0 Å². The van der Waals surface area contributed by atoms with Crippen LogP contribution in [-0.4, -0.2) is 44.2 Å². The van der Waals surface area contributed by atoms with Gasteiger partial charge in [0, 0.05) is 38.4 Å². The van der Waals surface area contributed by atoms with Gasteiger partial charge in [-0.1, -0.05) is 42.5 Å². The Labute approximate surface area is 149 Å². The Hall–Kier alpha value is -2.37. The molecular weight excluding hydrogens is 314 g/mol. The van der Waals surface area contributed by atoms with E-state index < -0.39 is 0 Å². The van der Waals surface area contributed by atoms with Crippen LogP contribution in [0.4, 0.5) is 5.69 Å². The van der Waals surface area contributed by atoms with Gasteiger partial charge in [0.25, 0.3) is 0 Å². The highest BCUT2D eigenvalue weighted by Gasteiger charge is 2.31. The zero-order valence-electron chi connectivity index (χ0n) is 14.6. The molecule has 0 aliphatic carbocycles. The van der Waals surface area contributed by atoms with Gasteiger partial charge in [-0.3, -0.25) is 4.90 Å². The molecule has 0 radical (unpaired) electrons. The number of nitrogens with zero attached hydrogens (tertiary/aromatic N) is 2. The van der Waals surface area contributed by atoms with E-state index in [9.17, 15) is 4.79 Å². The lowest BCUT2D eigenvalue weighted by molar-refractivity contribution is -0.147. The van der Waals surface area contributed by atoms with Crippen molar-refractivity contribution in [1.29, 1.82) is 0 Å². The largest absolute Gasteiger partial charge is 0.468 e. The summed E-state index contributed by atoms with van der Waals surface area (Å²) in [7, 11) is 1.45. The summed E-state index contributed by atoms with van der Waals surface area (Å²) in [6.07, 6.45) is 0. The average Bonchev–Trinajstić information content (AvgIpc) is 2.69. The average molecular weight is 339 g/mol. The van der Waals surface area contributed by atoms with Crippen LogP contribution in [0.5, 0.6) is 0 Å². The van der Waals surface area contributed by atoms with Gasteiger partial charge in [-0.15, -0.1) is 0 Å². The van der Waals surface area contributed by atoms with E-state index in [0.717, 1.165) is 37.3 Å². The summed E-state index contributed by atoms with van der Waals surface area (Å²) >= 11 is 0. The van der Waals surface area contributed by atoms with E-state index >= 15 is 0 Å². The molecule has 0 spiro atoms. The number of hydrogen-bond acceptors (Lipinski definition) is 5. The Kier molecular flexibility index (Phi) is 5.68. The molecule has 132 valence electrons. The van der Waals surface area contributed by atoms with E-state index in [1.165, 1.54) is 12.8 Å². The standard InChI is InChI=1S/C20H25N3O2/c1-25-20(24)19(17-5-3-2-4-6-17)23-13-11-22(12-14-23)18-9-7-16(15-21)8-10-18/h2-10,19H,11-15,21H2,1H3. The molecule has 1 heterocycles. The number of rotatable bonds is 5. The topological polar surface area (TPSA) is 58.8 Å². The van der Waals surface area contributed by atoms with Crippen LogP contribution in [0.25, 0.3) is 0 Å². The zero-order chi connectivity index (χ0) is 17.6. The molecule has 2 aromatic carbocycles. The second-order valence-electron chi connectivity index (χ2n) is 6.23. The minimum atomic E-state index is -0.340. The molecule has 0 saturated carbocycles.